The third kappa shape index (κ3) is 8.43. The van der Waals surface area contributed by atoms with E-state index in [9.17, 15) is 5.11 Å². The number of pyridine rings is 1. The van der Waals surface area contributed by atoms with Crippen molar-refractivity contribution in [2.45, 2.75) is 91.9 Å². The zero-order chi connectivity index (χ0) is 42.1. The molecule has 4 heteroatoms. The molecule has 0 atom stereocenters. The van der Waals surface area contributed by atoms with Crippen LogP contribution >= 0.6 is 0 Å². The summed E-state index contributed by atoms with van der Waals surface area (Å²) < 4.78 is 2.22. The van der Waals surface area contributed by atoms with Crippen LogP contribution in [0.15, 0.2) is 146 Å². The van der Waals surface area contributed by atoms with Gasteiger partial charge in [-0.25, -0.2) is 4.98 Å². The minimum atomic E-state index is 0.257. The molecule has 2 aromatic heterocycles. The van der Waals surface area contributed by atoms with Crippen LogP contribution in [0.4, 0.5) is 0 Å². The standard InChI is InChI=1S/C56H57N3O/c1-35(2)43-24-44(36(3)4)27-47(26-43)48-28-49(22-40-18-12-13-19-41(40)23-50-33-57-32-42-20-14-15-21-52(42)50)55(60)53(31-48)54-34-59(56(58-54)39-16-10-9-11-17-39)51-29-45(37(5)6)25-46(30-51)38(7)8/h9-21,24-38,60H,22-23H2,1-8H3. The maximum Gasteiger partial charge on any atom is 0.145 e. The molecule has 6 aromatic carbocycles. The summed E-state index contributed by atoms with van der Waals surface area (Å²) in [7, 11) is 0. The van der Waals surface area contributed by atoms with Gasteiger partial charge in [-0.15, -0.1) is 0 Å². The van der Waals surface area contributed by atoms with E-state index >= 15 is 0 Å². The van der Waals surface area contributed by atoms with Gasteiger partial charge in [-0.05, 0) is 115 Å². The first-order chi connectivity index (χ1) is 28.9. The average molecular weight is 788 g/mol. The molecule has 8 aromatic rings. The van der Waals surface area contributed by atoms with Gasteiger partial charge in [0.2, 0.25) is 0 Å². The van der Waals surface area contributed by atoms with Crippen molar-refractivity contribution in [1.82, 2.24) is 14.5 Å². The lowest BCUT2D eigenvalue weighted by Crippen LogP contribution is -2.01. The Balaban J connectivity index is 1.33. The summed E-state index contributed by atoms with van der Waals surface area (Å²) in [6.07, 6.45) is 7.35. The Labute approximate surface area is 356 Å². The van der Waals surface area contributed by atoms with E-state index in [-0.39, 0.29) is 5.75 Å². The van der Waals surface area contributed by atoms with Crippen molar-refractivity contribution in [2.75, 3.05) is 0 Å². The van der Waals surface area contributed by atoms with Gasteiger partial charge in [0.1, 0.15) is 11.6 Å². The first kappa shape index (κ1) is 40.5. The Hall–Kier alpha value is -6.26. The van der Waals surface area contributed by atoms with Gasteiger partial charge in [0.25, 0.3) is 0 Å². The van der Waals surface area contributed by atoms with Crippen molar-refractivity contribution in [2.24, 2.45) is 0 Å². The number of phenolic OH excluding ortho intramolecular Hbond substituents is 1. The molecule has 0 aliphatic heterocycles. The summed E-state index contributed by atoms with van der Waals surface area (Å²) in [6, 6.07) is 45.8. The molecule has 0 aliphatic rings. The average Bonchev–Trinajstić information content (AvgIpc) is 3.70. The normalized spacial score (nSPS) is 11.8. The van der Waals surface area contributed by atoms with Crippen LogP contribution in [0.5, 0.6) is 5.75 Å². The van der Waals surface area contributed by atoms with E-state index in [1.165, 1.54) is 44.3 Å². The minimum absolute atomic E-state index is 0.257. The molecule has 302 valence electrons. The second-order valence-corrected chi connectivity index (χ2v) is 17.7. The third-order valence-electron chi connectivity index (χ3n) is 12.1. The highest BCUT2D eigenvalue weighted by Gasteiger charge is 2.22. The molecule has 4 nitrogen and oxygen atoms in total. The van der Waals surface area contributed by atoms with E-state index in [0.717, 1.165) is 56.8 Å². The molecule has 0 amide bonds. The lowest BCUT2D eigenvalue weighted by molar-refractivity contribution is 0.471. The number of hydrogen-bond acceptors (Lipinski definition) is 3. The summed E-state index contributed by atoms with van der Waals surface area (Å²) >= 11 is 0. The molecule has 0 unspecified atom stereocenters. The number of hydrogen-bond donors (Lipinski definition) is 1. The van der Waals surface area contributed by atoms with Crippen molar-refractivity contribution in [3.63, 3.8) is 0 Å². The number of benzene rings is 6. The fraction of sp³-hybridized carbons (Fsp3) is 0.250. The van der Waals surface area contributed by atoms with Crippen LogP contribution < -0.4 is 0 Å². The number of aromatic nitrogens is 3. The minimum Gasteiger partial charge on any atom is -0.507 e. The van der Waals surface area contributed by atoms with Gasteiger partial charge in [-0.3, -0.25) is 9.55 Å². The van der Waals surface area contributed by atoms with Crippen LogP contribution in [-0.2, 0) is 12.8 Å². The second kappa shape index (κ2) is 17.1. The fourth-order valence-electron chi connectivity index (χ4n) is 8.30. The van der Waals surface area contributed by atoms with E-state index in [2.05, 4.69) is 192 Å². The predicted molar refractivity (Wildman–Crippen MR) is 252 cm³/mol. The molecular weight excluding hydrogens is 731 g/mol. The van der Waals surface area contributed by atoms with E-state index in [1.54, 1.807) is 0 Å². The topological polar surface area (TPSA) is 50.9 Å². The van der Waals surface area contributed by atoms with Crippen LogP contribution in [0.2, 0.25) is 0 Å². The number of imidazole rings is 1. The van der Waals surface area contributed by atoms with Crippen LogP contribution in [0, 0.1) is 0 Å². The number of fused-ring (bicyclic) bond motifs is 1. The molecule has 0 saturated carbocycles. The van der Waals surface area contributed by atoms with Crippen LogP contribution in [-0.4, -0.2) is 19.6 Å². The fourth-order valence-corrected chi connectivity index (χ4v) is 8.30. The van der Waals surface area contributed by atoms with Gasteiger partial charge in [0, 0.05) is 47.2 Å². The Morgan fingerprint density at radius 1 is 0.500 bits per heavy atom. The SMILES string of the molecule is CC(C)c1cc(-c2cc(Cc3ccccc3Cc3cncc4ccccc34)c(O)c(-c3cn(-c4cc(C(C)C)cc(C(C)C)c4)c(-c4ccccc4)n3)c2)cc(C(C)C)c1. The molecule has 8 rings (SSSR count). The molecule has 1 N–H and O–H groups in total. The zero-order valence-electron chi connectivity index (χ0n) is 36.4. The maximum absolute atomic E-state index is 12.6. The number of phenols is 1. The van der Waals surface area contributed by atoms with Crippen LogP contribution in [0.25, 0.3) is 50.2 Å². The first-order valence-electron chi connectivity index (χ1n) is 21.6. The lowest BCUT2D eigenvalue weighted by atomic mass is 9.88. The highest BCUT2D eigenvalue weighted by Crippen LogP contribution is 2.41. The van der Waals surface area contributed by atoms with Gasteiger partial charge in [0.05, 0.1) is 5.69 Å². The molecule has 0 saturated heterocycles. The molecule has 0 aliphatic carbocycles. The van der Waals surface area contributed by atoms with E-state index < -0.39 is 0 Å². The molecule has 0 bridgehead atoms. The van der Waals surface area contributed by atoms with Gasteiger partial charge in [-0.2, -0.15) is 0 Å². The first-order valence-corrected chi connectivity index (χ1v) is 21.6. The van der Waals surface area contributed by atoms with Crippen molar-refractivity contribution < 1.29 is 5.11 Å². The molecule has 60 heavy (non-hydrogen) atoms. The maximum atomic E-state index is 12.6. The number of nitrogens with zero attached hydrogens (tertiary/aromatic N) is 3. The van der Waals surface area contributed by atoms with Crippen molar-refractivity contribution >= 4 is 10.8 Å². The monoisotopic (exact) mass is 787 g/mol. The van der Waals surface area contributed by atoms with Crippen LogP contribution in [0.3, 0.4) is 0 Å². The van der Waals surface area contributed by atoms with Crippen LogP contribution in [0.1, 0.15) is 124 Å². The summed E-state index contributed by atoms with van der Waals surface area (Å²) in [5.41, 5.74) is 15.4. The summed E-state index contributed by atoms with van der Waals surface area (Å²) in [4.78, 5) is 10.0. The number of rotatable bonds is 12. The summed E-state index contributed by atoms with van der Waals surface area (Å²) in [5, 5.41) is 14.9. The Bertz CT molecular complexity index is 2730. The van der Waals surface area contributed by atoms with Gasteiger partial charge < -0.3 is 5.11 Å². The Morgan fingerprint density at radius 2 is 1.03 bits per heavy atom. The summed E-state index contributed by atoms with van der Waals surface area (Å²) in [5.74, 6) is 2.57. The molecule has 0 spiro atoms. The van der Waals surface area contributed by atoms with Crippen molar-refractivity contribution in [3.8, 4) is 45.2 Å². The quantitative estimate of drug-likeness (QED) is 0.134. The molecule has 0 fully saturated rings. The number of aromatic hydroxyl groups is 1. The molecular formula is C56H57N3O. The van der Waals surface area contributed by atoms with E-state index in [0.29, 0.717) is 30.1 Å². The second-order valence-electron chi connectivity index (χ2n) is 17.7. The van der Waals surface area contributed by atoms with Gasteiger partial charge in [-0.1, -0.05) is 159 Å². The highest BCUT2D eigenvalue weighted by atomic mass is 16.3. The lowest BCUT2D eigenvalue weighted by Gasteiger charge is -2.18. The van der Waals surface area contributed by atoms with E-state index in [4.69, 9.17) is 4.98 Å². The Kier molecular flexibility index (Phi) is 11.6. The zero-order valence-corrected chi connectivity index (χ0v) is 36.4. The van der Waals surface area contributed by atoms with Crippen molar-refractivity contribution in [3.05, 3.63) is 190 Å². The highest BCUT2D eigenvalue weighted by molar-refractivity contribution is 5.85. The molecule has 0 radical (unpaired) electrons. The van der Waals surface area contributed by atoms with Crippen molar-refractivity contribution in [1.29, 1.82) is 0 Å². The van der Waals surface area contributed by atoms with Gasteiger partial charge >= 0.3 is 0 Å². The van der Waals surface area contributed by atoms with E-state index in [1.807, 2.05) is 18.5 Å². The molecule has 2 heterocycles. The Morgan fingerprint density at radius 3 is 1.65 bits per heavy atom. The smallest absolute Gasteiger partial charge is 0.145 e. The largest absolute Gasteiger partial charge is 0.507 e. The predicted octanol–water partition coefficient (Wildman–Crippen LogP) is 14.8. The van der Waals surface area contributed by atoms with Gasteiger partial charge in [0.15, 0.2) is 0 Å². The third-order valence-corrected chi connectivity index (χ3v) is 12.1. The summed E-state index contributed by atoms with van der Waals surface area (Å²) in [6.45, 7) is 18.0.